The normalized spacial score (nSPS) is 12.8. The lowest BCUT2D eigenvalue weighted by Gasteiger charge is -2.15. The molecule has 1 atom stereocenters. The van der Waals surface area contributed by atoms with Gasteiger partial charge in [0.2, 0.25) is 0 Å². The van der Waals surface area contributed by atoms with Gasteiger partial charge in [-0.05, 0) is 24.6 Å². The number of nitrogens with one attached hydrogen (secondary N) is 1. The predicted molar refractivity (Wildman–Crippen MR) is 72.2 cm³/mol. The van der Waals surface area contributed by atoms with Crippen molar-refractivity contribution < 1.29 is 22.7 Å². The zero-order valence-corrected chi connectivity index (χ0v) is 11.9. The topological polar surface area (TPSA) is 56.2 Å². The number of ether oxygens (including phenoxy) is 1. The van der Waals surface area contributed by atoms with Crippen molar-refractivity contribution in [3.05, 3.63) is 47.8 Å². The Bertz CT molecular complexity index is 650. The average Bonchev–Trinajstić information content (AvgIpc) is 2.84. The first-order chi connectivity index (χ1) is 10.2. The highest BCUT2D eigenvalue weighted by Gasteiger charge is 2.31. The summed E-state index contributed by atoms with van der Waals surface area (Å²) in [6.07, 6.45) is -1.72. The molecule has 0 fully saturated rings. The van der Waals surface area contributed by atoms with Crippen molar-refractivity contribution in [2.24, 2.45) is 7.05 Å². The molecule has 1 aromatic heterocycles. The quantitative estimate of drug-likeness (QED) is 0.944. The van der Waals surface area contributed by atoms with E-state index >= 15 is 0 Å². The van der Waals surface area contributed by atoms with E-state index in [2.05, 4.69) is 15.2 Å². The number of nitrogens with zero attached hydrogens (tertiary/aromatic N) is 2. The first-order valence-corrected chi connectivity index (χ1v) is 6.40. The van der Waals surface area contributed by atoms with Crippen LogP contribution in [0.4, 0.5) is 13.2 Å². The van der Waals surface area contributed by atoms with Crippen LogP contribution in [0.2, 0.25) is 0 Å². The summed E-state index contributed by atoms with van der Waals surface area (Å²) in [5.41, 5.74) is 1.07. The van der Waals surface area contributed by atoms with Crippen LogP contribution in [-0.2, 0) is 7.05 Å². The second kappa shape index (κ2) is 6.08. The second-order valence-corrected chi connectivity index (χ2v) is 4.71. The third-order valence-electron chi connectivity index (χ3n) is 2.93. The molecule has 8 heteroatoms. The summed E-state index contributed by atoms with van der Waals surface area (Å²) < 4.78 is 41.5. The van der Waals surface area contributed by atoms with Gasteiger partial charge in [0.15, 0.2) is 0 Å². The maximum absolute atomic E-state index is 12.1. The minimum Gasteiger partial charge on any atom is -0.406 e. The number of carbonyl (C=O) groups excluding carboxylic acids is 1. The van der Waals surface area contributed by atoms with E-state index in [1.807, 2.05) is 0 Å². The molecular weight excluding hydrogens is 299 g/mol. The molecule has 0 aliphatic heterocycles. The van der Waals surface area contributed by atoms with Gasteiger partial charge in [0, 0.05) is 13.2 Å². The Balaban J connectivity index is 2.00. The van der Waals surface area contributed by atoms with Crippen LogP contribution in [0.25, 0.3) is 0 Å². The Labute approximate surface area is 124 Å². The molecular formula is C14H14F3N3O2. The molecule has 0 bridgehead atoms. The summed E-state index contributed by atoms with van der Waals surface area (Å²) in [5, 5.41) is 6.63. The Hall–Kier alpha value is -2.51. The van der Waals surface area contributed by atoms with E-state index in [0.717, 1.165) is 0 Å². The largest absolute Gasteiger partial charge is 0.573 e. The van der Waals surface area contributed by atoms with Crippen molar-refractivity contribution in [2.45, 2.75) is 19.3 Å². The molecule has 1 N–H and O–H groups in total. The number of halogens is 3. The van der Waals surface area contributed by atoms with Crippen molar-refractivity contribution in [2.75, 3.05) is 0 Å². The van der Waals surface area contributed by atoms with Crippen LogP contribution < -0.4 is 10.1 Å². The van der Waals surface area contributed by atoms with E-state index in [4.69, 9.17) is 0 Å². The fourth-order valence-corrected chi connectivity index (χ4v) is 1.86. The Morgan fingerprint density at radius 1 is 1.32 bits per heavy atom. The molecule has 2 aromatic rings. The van der Waals surface area contributed by atoms with Gasteiger partial charge in [0.1, 0.15) is 5.75 Å². The van der Waals surface area contributed by atoms with E-state index in [1.165, 1.54) is 35.1 Å². The molecule has 1 unspecified atom stereocenters. The molecule has 0 spiro atoms. The second-order valence-electron chi connectivity index (χ2n) is 4.71. The van der Waals surface area contributed by atoms with Gasteiger partial charge in [-0.15, -0.1) is 13.2 Å². The fraction of sp³-hybridized carbons (Fsp3) is 0.286. The minimum absolute atomic E-state index is 0.304. The lowest BCUT2D eigenvalue weighted by atomic mass is 10.1. The number of benzene rings is 1. The predicted octanol–water partition coefficient (Wildman–Crippen LogP) is 2.81. The molecule has 0 aliphatic carbocycles. The molecule has 22 heavy (non-hydrogen) atoms. The number of hydrogen-bond acceptors (Lipinski definition) is 3. The first kappa shape index (κ1) is 15.9. The molecule has 118 valence electrons. The van der Waals surface area contributed by atoms with Crippen LogP contribution in [0.1, 0.15) is 28.9 Å². The van der Waals surface area contributed by atoms with Crippen LogP contribution in [-0.4, -0.2) is 22.1 Å². The van der Waals surface area contributed by atoms with Crippen molar-refractivity contribution in [1.29, 1.82) is 0 Å². The molecule has 1 heterocycles. The van der Waals surface area contributed by atoms with Gasteiger partial charge in [-0.3, -0.25) is 9.48 Å². The van der Waals surface area contributed by atoms with Crippen LogP contribution in [0.15, 0.2) is 36.7 Å². The van der Waals surface area contributed by atoms with E-state index in [0.29, 0.717) is 11.1 Å². The highest BCUT2D eigenvalue weighted by atomic mass is 19.4. The summed E-state index contributed by atoms with van der Waals surface area (Å²) >= 11 is 0. The van der Waals surface area contributed by atoms with Gasteiger partial charge >= 0.3 is 6.36 Å². The Kier molecular flexibility index (Phi) is 4.39. The molecule has 0 aliphatic rings. The highest BCUT2D eigenvalue weighted by Crippen LogP contribution is 2.24. The van der Waals surface area contributed by atoms with Gasteiger partial charge < -0.3 is 10.1 Å². The summed E-state index contributed by atoms with van der Waals surface area (Å²) in [6, 6.07) is 4.97. The smallest absolute Gasteiger partial charge is 0.406 e. The van der Waals surface area contributed by atoms with Gasteiger partial charge in [0.25, 0.3) is 5.91 Å². The summed E-state index contributed by atoms with van der Waals surface area (Å²) in [5.74, 6) is -0.613. The third kappa shape index (κ3) is 4.24. The van der Waals surface area contributed by atoms with Crippen LogP contribution >= 0.6 is 0 Å². The van der Waals surface area contributed by atoms with Gasteiger partial charge in [-0.1, -0.05) is 12.1 Å². The highest BCUT2D eigenvalue weighted by molar-refractivity contribution is 5.93. The number of hydrogen-bond donors (Lipinski definition) is 1. The SMILES string of the molecule is CC(NC(=O)c1cnn(C)c1)c1ccc(OC(F)(F)F)cc1. The van der Waals surface area contributed by atoms with E-state index in [1.54, 1.807) is 20.2 Å². The van der Waals surface area contributed by atoms with Crippen molar-refractivity contribution >= 4 is 5.91 Å². The number of alkyl halides is 3. The lowest BCUT2D eigenvalue weighted by molar-refractivity contribution is -0.274. The zero-order valence-electron chi connectivity index (χ0n) is 11.9. The van der Waals surface area contributed by atoms with Crippen molar-refractivity contribution in [3.8, 4) is 5.75 Å². The van der Waals surface area contributed by atoms with E-state index < -0.39 is 6.36 Å². The van der Waals surface area contributed by atoms with Gasteiger partial charge in [-0.25, -0.2) is 0 Å². The number of aromatic nitrogens is 2. The molecule has 0 radical (unpaired) electrons. The molecule has 5 nitrogen and oxygen atoms in total. The number of aryl methyl sites for hydroxylation is 1. The molecule has 1 amide bonds. The van der Waals surface area contributed by atoms with Gasteiger partial charge in [-0.2, -0.15) is 5.10 Å². The number of carbonyl (C=O) groups is 1. The summed E-state index contributed by atoms with van der Waals surface area (Å²) in [4.78, 5) is 12.0. The molecule has 0 saturated heterocycles. The lowest BCUT2D eigenvalue weighted by Crippen LogP contribution is -2.26. The summed E-state index contributed by atoms with van der Waals surface area (Å²) in [6.45, 7) is 1.73. The minimum atomic E-state index is -4.72. The Morgan fingerprint density at radius 3 is 2.45 bits per heavy atom. The van der Waals surface area contributed by atoms with Crippen molar-refractivity contribution in [3.63, 3.8) is 0 Å². The first-order valence-electron chi connectivity index (χ1n) is 6.40. The van der Waals surface area contributed by atoms with Crippen LogP contribution in [0, 0.1) is 0 Å². The van der Waals surface area contributed by atoms with Gasteiger partial charge in [0.05, 0.1) is 17.8 Å². The third-order valence-corrected chi connectivity index (χ3v) is 2.93. The standard InChI is InChI=1S/C14H14F3N3O2/c1-9(19-13(21)11-7-18-20(2)8-11)10-3-5-12(6-4-10)22-14(15,16)17/h3-9H,1-2H3,(H,19,21). The fourth-order valence-electron chi connectivity index (χ4n) is 1.86. The number of rotatable bonds is 4. The molecule has 0 saturated carbocycles. The maximum atomic E-state index is 12.1. The zero-order chi connectivity index (χ0) is 16.3. The summed E-state index contributed by atoms with van der Waals surface area (Å²) in [7, 11) is 1.69. The molecule has 1 aromatic carbocycles. The van der Waals surface area contributed by atoms with Crippen LogP contribution in [0.5, 0.6) is 5.75 Å². The van der Waals surface area contributed by atoms with E-state index in [-0.39, 0.29) is 17.7 Å². The average molecular weight is 313 g/mol. The van der Waals surface area contributed by atoms with Crippen LogP contribution in [0.3, 0.4) is 0 Å². The molecule has 2 rings (SSSR count). The Morgan fingerprint density at radius 2 is 1.95 bits per heavy atom. The monoisotopic (exact) mass is 313 g/mol. The van der Waals surface area contributed by atoms with E-state index in [9.17, 15) is 18.0 Å². The maximum Gasteiger partial charge on any atom is 0.573 e. The number of amides is 1. The van der Waals surface area contributed by atoms with Crippen molar-refractivity contribution in [1.82, 2.24) is 15.1 Å².